The van der Waals surface area contributed by atoms with E-state index in [2.05, 4.69) is 20.5 Å². The fraction of sp³-hybridized carbons (Fsp3) is 0.364. The maximum absolute atomic E-state index is 11.7. The zero-order chi connectivity index (χ0) is 12.4. The molecule has 0 fully saturated rings. The number of aryl methyl sites for hydroxylation is 2. The van der Waals surface area contributed by atoms with Crippen LogP contribution in [0.15, 0.2) is 16.8 Å². The number of carbonyl (C=O) groups is 1. The molecule has 0 aliphatic carbocycles. The van der Waals surface area contributed by atoms with Gasteiger partial charge in [0.2, 0.25) is 5.82 Å². The van der Waals surface area contributed by atoms with Crippen molar-refractivity contribution in [2.24, 2.45) is 0 Å². The molecule has 1 unspecified atom stereocenters. The Morgan fingerprint density at radius 1 is 1.53 bits per heavy atom. The molecule has 2 N–H and O–H groups in total. The van der Waals surface area contributed by atoms with Crippen LogP contribution in [0.3, 0.4) is 0 Å². The van der Waals surface area contributed by atoms with Gasteiger partial charge >= 0.3 is 0 Å². The van der Waals surface area contributed by atoms with E-state index in [1.165, 1.54) is 6.33 Å². The number of aromatic amines is 1. The monoisotopic (exact) mass is 234 g/mol. The summed E-state index contributed by atoms with van der Waals surface area (Å²) in [5.74, 6) is 1.56. The Hall–Kier alpha value is -2.11. The van der Waals surface area contributed by atoms with E-state index >= 15 is 0 Å². The smallest absolute Gasteiger partial charge is 0.289 e. The molecule has 2 aromatic rings. The second-order valence-corrected chi connectivity index (χ2v) is 3.90. The van der Waals surface area contributed by atoms with Crippen LogP contribution < -0.4 is 5.32 Å². The molecule has 1 amide bonds. The lowest BCUT2D eigenvalue weighted by Gasteiger charge is -2.11. The van der Waals surface area contributed by atoms with Crippen molar-refractivity contribution in [2.45, 2.75) is 26.8 Å². The first-order valence-corrected chi connectivity index (χ1v) is 5.31. The van der Waals surface area contributed by atoms with Crippen LogP contribution in [-0.4, -0.2) is 21.1 Å². The van der Waals surface area contributed by atoms with Gasteiger partial charge in [-0.15, -0.1) is 0 Å². The Bertz CT molecular complexity index is 516. The Labute approximate surface area is 98.4 Å². The molecule has 0 aliphatic heterocycles. The molecule has 17 heavy (non-hydrogen) atoms. The third-order valence-corrected chi connectivity index (χ3v) is 2.52. The summed E-state index contributed by atoms with van der Waals surface area (Å²) in [5.41, 5.74) is 0.968. The van der Waals surface area contributed by atoms with Gasteiger partial charge in [0, 0.05) is 5.56 Å². The molecule has 0 bridgehead atoms. The summed E-state index contributed by atoms with van der Waals surface area (Å²) in [5, 5.41) is 8.97. The second kappa shape index (κ2) is 4.40. The van der Waals surface area contributed by atoms with Gasteiger partial charge in [0.1, 0.15) is 17.8 Å². The van der Waals surface area contributed by atoms with Gasteiger partial charge in [0.25, 0.3) is 5.91 Å². The van der Waals surface area contributed by atoms with E-state index in [4.69, 9.17) is 4.42 Å². The number of hydrogen-bond donors (Lipinski definition) is 2. The maximum atomic E-state index is 11.7. The highest BCUT2D eigenvalue weighted by atomic mass is 16.3. The third-order valence-electron chi connectivity index (χ3n) is 2.52. The Kier molecular flexibility index (Phi) is 2.95. The topological polar surface area (TPSA) is 83.8 Å². The molecule has 0 saturated heterocycles. The average Bonchev–Trinajstić information content (AvgIpc) is 2.87. The Morgan fingerprint density at radius 2 is 2.29 bits per heavy atom. The number of hydrogen-bond acceptors (Lipinski definition) is 4. The first-order valence-electron chi connectivity index (χ1n) is 5.31. The van der Waals surface area contributed by atoms with Crippen LogP contribution in [0.4, 0.5) is 0 Å². The summed E-state index contributed by atoms with van der Waals surface area (Å²) >= 11 is 0. The SMILES string of the molecule is Cc1cc(C(C)NC(=O)c2ncn[nH]2)c(C)o1. The highest BCUT2D eigenvalue weighted by Crippen LogP contribution is 2.21. The fourth-order valence-corrected chi connectivity index (χ4v) is 1.74. The van der Waals surface area contributed by atoms with Crippen molar-refractivity contribution in [3.8, 4) is 0 Å². The summed E-state index contributed by atoms with van der Waals surface area (Å²) in [4.78, 5) is 15.5. The molecule has 0 saturated carbocycles. The second-order valence-electron chi connectivity index (χ2n) is 3.90. The van der Waals surface area contributed by atoms with E-state index in [0.29, 0.717) is 0 Å². The van der Waals surface area contributed by atoms with Gasteiger partial charge in [-0.1, -0.05) is 0 Å². The molecule has 6 nitrogen and oxygen atoms in total. The summed E-state index contributed by atoms with van der Waals surface area (Å²) in [6.45, 7) is 5.65. The Balaban J connectivity index is 2.09. The lowest BCUT2D eigenvalue weighted by molar-refractivity contribution is 0.0929. The minimum Gasteiger partial charge on any atom is -0.466 e. The average molecular weight is 234 g/mol. The number of amides is 1. The van der Waals surface area contributed by atoms with E-state index in [1.807, 2.05) is 26.8 Å². The lowest BCUT2D eigenvalue weighted by Crippen LogP contribution is -2.27. The Morgan fingerprint density at radius 3 is 2.82 bits per heavy atom. The molecule has 90 valence electrons. The standard InChI is InChI=1S/C11H14N4O2/c1-6-4-9(8(3)17-6)7(2)14-11(16)10-12-5-13-15-10/h4-5,7H,1-3H3,(H,14,16)(H,12,13,15). The minimum atomic E-state index is -0.284. The highest BCUT2D eigenvalue weighted by molar-refractivity contribution is 5.90. The van der Waals surface area contributed by atoms with Gasteiger partial charge in [0.05, 0.1) is 6.04 Å². The van der Waals surface area contributed by atoms with Crippen molar-refractivity contribution in [3.63, 3.8) is 0 Å². The van der Waals surface area contributed by atoms with Crippen molar-refractivity contribution in [1.29, 1.82) is 0 Å². The molecule has 0 aliphatic rings. The molecular formula is C11H14N4O2. The number of nitrogens with zero attached hydrogens (tertiary/aromatic N) is 2. The predicted molar refractivity (Wildman–Crippen MR) is 60.4 cm³/mol. The van der Waals surface area contributed by atoms with Crippen LogP contribution in [0.2, 0.25) is 0 Å². The van der Waals surface area contributed by atoms with Crippen LogP contribution in [0.5, 0.6) is 0 Å². The number of carbonyl (C=O) groups excluding carboxylic acids is 1. The van der Waals surface area contributed by atoms with Gasteiger partial charge < -0.3 is 9.73 Å². The van der Waals surface area contributed by atoms with Crippen LogP contribution >= 0.6 is 0 Å². The third kappa shape index (κ3) is 2.35. The molecule has 0 radical (unpaired) electrons. The number of rotatable bonds is 3. The molecule has 2 aromatic heterocycles. The number of H-pyrrole nitrogens is 1. The first kappa shape index (κ1) is 11.4. The molecule has 6 heteroatoms. The molecular weight excluding hydrogens is 220 g/mol. The molecule has 1 atom stereocenters. The molecule has 2 heterocycles. The van der Waals surface area contributed by atoms with Crippen molar-refractivity contribution in [1.82, 2.24) is 20.5 Å². The van der Waals surface area contributed by atoms with Gasteiger partial charge in [-0.25, -0.2) is 4.98 Å². The van der Waals surface area contributed by atoms with Crippen molar-refractivity contribution >= 4 is 5.91 Å². The fourth-order valence-electron chi connectivity index (χ4n) is 1.74. The largest absolute Gasteiger partial charge is 0.466 e. The van der Waals surface area contributed by atoms with E-state index in [1.54, 1.807) is 0 Å². The zero-order valence-electron chi connectivity index (χ0n) is 9.94. The summed E-state index contributed by atoms with van der Waals surface area (Å²) < 4.78 is 5.42. The number of furan rings is 1. The van der Waals surface area contributed by atoms with Crippen LogP contribution in [0, 0.1) is 13.8 Å². The molecule has 0 spiro atoms. The molecule has 0 aromatic carbocycles. The van der Waals surface area contributed by atoms with E-state index in [-0.39, 0.29) is 17.8 Å². The van der Waals surface area contributed by atoms with Crippen LogP contribution in [0.1, 0.15) is 40.7 Å². The first-order chi connectivity index (χ1) is 8.08. The van der Waals surface area contributed by atoms with Crippen molar-refractivity contribution in [3.05, 3.63) is 35.3 Å². The normalized spacial score (nSPS) is 12.4. The van der Waals surface area contributed by atoms with Gasteiger partial charge in [0.15, 0.2) is 0 Å². The number of aromatic nitrogens is 3. The van der Waals surface area contributed by atoms with E-state index in [0.717, 1.165) is 17.1 Å². The van der Waals surface area contributed by atoms with Crippen LogP contribution in [-0.2, 0) is 0 Å². The maximum Gasteiger partial charge on any atom is 0.289 e. The predicted octanol–water partition coefficient (Wildman–Crippen LogP) is 1.51. The molecule has 2 rings (SSSR count). The highest BCUT2D eigenvalue weighted by Gasteiger charge is 2.17. The summed E-state index contributed by atoms with van der Waals surface area (Å²) in [6, 6.07) is 1.78. The quantitative estimate of drug-likeness (QED) is 0.843. The van der Waals surface area contributed by atoms with Gasteiger partial charge in [-0.3, -0.25) is 9.89 Å². The van der Waals surface area contributed by atoms with E-state index < -0.39 is 0 Å². The lowest BCUT2D eigenvalue weighted by atomic mass is 10.1. The van der Waals surface area contributed by atoms with Crippen LogP contribution in [0.25, 0.3) is 0 Å². The minimum absolute atomic E-state index is 0.134. The summed E-state index contributed by atoms with van der Waals surface area (Å²) in [6.07, 6.45) is 1.30. The van der Waals surface area contributed by atoms with Gasteiger partial charge in [-0.05, 0) is 26.8 Å². The zero-order valence-corrected chi connectivity index (χ0v) is 9.94. The summed E-state index contributed by atoms with van der Waals surface area (Å²) in [7, 11) is 0. The van der Waals surface area contributed by atoms with Crippen molar-refractivity contribution < 1.29 is 9.21 Å². The van der Waals surface area contributed by atoms with Crippen molar-refractivity contribution in [2.75, 3.05) is 0 Å². The van der Waals surface area contributed by atoms with E-state index in [9.17, 15) is 4.79 Å². The van der Waals surface area contributed by atoms with Gasteiger partial charge in [-0.2, -0.15) is 5.10 Å². The number of nitrogens with one attached hydrogen (secondary N) is 2.